The van der Waals surface area contributed by atoms with Crippen molar-refractivity contribution in [2.24, 2.45) is 5.92 Å². The summed E-state index contributed by atoms with van der Waals surface area (Å²) >= 11 is 0. The molecular formula is C18H13F3N2O3. The highest BCUT2D eigenvalue weighted by Gasteiger charge is 2.68. The van der Waals surface area contributed by atoms with Crippen LogP contribution in [0.25, 0.3) is 0 Å². The van der Waals surface area contributed by atoms with Gasteiger partial charge in [0.1, 0.15) is 0 Å². The smallest absolute Gasteiger partial charge is 0.433 e. The number of fused-ring (bicyclic) bond motifs is 1. The molecule has 1 aromatic carbocycles. The molecule has 0 radical (unpaired) electrons. The quantitative estimate of drug-likeness (QED) is 0.782. The van der Waals surface area contributed by atoms with Crippen molar-refractivity contribution in [1.29, 1.82) is 0 Å². The number of para-hydroxylation sites is 2. The number of terminal acetylenes is 1. The van der Waals surface area contributed by atoms with Gasteiger partial charge in [0.2, 0.25) is 0 Å². The number of alkyl halides is 3. The van der Waals surface area contributed by atoms with Crippen LogP contribution in [0.5, 0.6) is 0 Å². The molecule has 0 spiro atoms. The minimum atomic E-state index is -5.17. The van der Waals surface area contributed by atoms with Crippen LogP contribution in [-0.2, 0) is 9.53 Å². The van der Waals surface area contributed by atoms with Crippen molar-refractivity contribution in [3.05, 3.63) is 24.3 Å². The van der Waals surface area contributed by atoms with Crippen molar-refractivity contribution in [3.63, 3.8) is 0 Å². The van der Waals surface area contributed by atoms with Crippen LogP contribution in [-0.4, -0.2) is 30.3 Å². The first kappa shape index (κ1) is 17.7. The zero-order valence-corrected chi connectivity index (χ0v) is 13.4. The Kier molecular flexibility index (Phi) is 4.29. The molecule has 134 valence electrons. The summed E-state index contributed by atoms with van der Waals surface area (Å²) in [5.41, 5.74) is -3.52. The number of anilines is 2. The minimum Gasteiger partial charge on any atom is -0.436 e. The van der Waals surface area contributed by atoms with Crippen LogP contribution in [0.4, 0.5) is 29.3 Å². The van der Waals surface area contributed by atoms with Crippen LogP contribution in [0.2, 0.25) is 0 Å². The Morgan fingerprint density at radius 3 is 2.69 bits per heavy atom. The fourth-order valence-corrected chi connectivity index (χ4v) is 2.55. The van der Waals surface area contributed by atoms with Crippen molar-refractivity contribution >= 4 is 23.4 Å². The molecule has 1 fully saturated rings. The van der Waals surface area contributed by atoms with E-state index in [1.54, 1.807) is 0 Å². The normalized spacial score (nSPS) is 21.6. The molecule has 5 nitrogen and oxygen atoms in total. The van der Waals surface area contributed by atoms with E-state index < -0.39 is 30.3 Å². The van der Waals surface area contributed by atoms with Gasteiger partial charge in [-0.2, -0.15) is 13.2 Å². The number of hydrogen-bond donors (Lipinski definition) is 1. The van der Waals surface area contributed by atoms with Gasteiger partial charge in [0, 0.05) is 5.92 Å². The average Bonchev–Trinajstić information content (AvgIpc) is 3.40. The number of rotatable bonds is 1. The molecule has 2 amide bonds. The molecule has 0 bridgehead atoms. The van der Waals surface area contributed by atoms with Crippen molar-refractivity contribution in [2.75, 3.05) is 16.8 Å². The molecule has 1 aliphatic heterocycles. The summed E-state index contributed by atoms with van der Waals surface area (Å²) in [6.45, 7) is -0.539. The Labute approximate surface area is 147 Å². The van der Waals surface area contributed by atoms with Gasteiger partial charge in [-0.1, -0.05) is 29.9 Å². The Balaban J connectivity index is 2.21. The number of carbonyl (C=O) groups excluding carboxylic acids is 2. The van der Waals surface area contributed by atoms with Crippen LogP contribution in [0.1, 0.15) is 12.8 Å². The summed E-state index contributed by atoms with van der Waals surface area (Å²) in [5, 5.41) is 2.19. The van der Waals surface area contributed by atoms with Crippen LogP contribution < -0.4 is 10.2 Å². The maximum atomic E-state index is 14.1. The van der Waals surface area contributed by atoms with Crippen molar-refractivity contribution in [3.8, 4) is 24.2 Å². The van der Waals surface area contributed by atoms with E-state index in [2.05, 4.69) is 11.2 Å². The first-order valence-corrected chi connectivity index (χ1v) is 7.71. The van der Waals surface area contributed by atoms with E-state index in [9.17, 15) is 22.8 Å². The number of nitrogens with zero attached hydrogens (tertiary/aromatic N) is 1. The molecule has 3 rings (SSSR count). The minimum absolute atomic E-state index is 0.0447. The predicted octanol–water partition coefficient (Wildman–Crippen LogP) is 2.93. The van der Waals surface area contributed by atoms with Gasteiger partial charge in [0.05, 0.1) is 11.4 Å². The van der Waals surface area contributed by atoms with Gasteiger partial charge in [-0.05, 0) is 25.0 Å². The lowest BCUT2D eigenvalue weighted by Crippen LogP contribution is -2.69. The maximum absolute atomic E-state index is 14.1. The summed E-state index contributed by atoms with van der Waals surface area (Å²) < 4.78 is 47.0. The Morgan fingerprint density at radius 1 is 1.38 bits per heavy atom. The van der Waals surface area contributed by atoms with E-state index in [0.29, 0.717) is 12.8 Å². The molecule has 1 N–H and O–H groups in total. The standard InChI is InChI=1S/C18H13F3N2O3/c1-2-11-26-16(25)23-14-6-4-3-5-13(14)22-15(24)17(23,18(19,20)21)10-9-12-7-8-12/h1,3-6,12H,7-8,11H2,(H,22,24). The largest absolute Gasteiger partial charge is 0.436 e. The molecule has 26 heavy (non-hydrogen) atoms. The van der Waals surface area contributed by atoms with Crippen LogP contribution in [0.15, 0.2) is 24.3 Å². The second-order valence-corrected chi connectivity index (χ2v) is 5.82. The first-order valence-electron chi connectivity index (χ1n) is 7.71. The lowest BCUT2D eigenvalue weighted by molar-refractivity contribution is -0.175. The van der Waals surface area contributed by atoms with E-state index in [-0.39, 0.29) is 22.2 Å². The molecule has 1 atom stereocenters. The van der Waals surface area contributed by atoms with Crippen LogP contribution in [0, 0.1) is 30.1 Å². The van der Waals surface area contributed by atoms with Gasteiger partial charge in [0.15, 0.2) is 6.61 Å². The summed E-state index contributed by atoms with van der Waals surface area (Å²) in [6.07, 6.45) is -0.241. The van der Waals surface area contributed by atoms with Crippen LogP contribution in [0.3, 0.4) is 0 Å². The number of ether oxygens (including phenoxy) is 1. The number of hydrogen-bond acceptors (Lipinski definition) is 3. The van der Waals surface area contributed by atoms with Gasteiger partial charge in [-0.15, -0.1) is 6.42 Å². The molecule has 1 saturated carbocycles. The second kappa shape index (κ2) is 6.30. The zero-order valence-electron chi connectivity index (χ0n) is 13.4. The molecule has 1 unspecified atom stereocenters. The molecule has 1 heterocycles. The third kappa shape index (κ3) is 2.84. The highest BCUT2D eigenvalue weighted by Crippen LogP contribution is 2.45. The summed E-state index contributed by atoms with van der Waals surface area (Å²) in [5.74, 6) is 4.81. The third-order valence-corrected chi connectivity index (χ3v) is 3.96. The summed E-state index contributed by atoms with van der Waals surface area (Å²) in [6, 6.07) is 5.60. The summed E-state index contributed by atoms with van der Waals surface area (Å²) in [7, 11) is 0. The highest BCUT2D eigenvalue weighted by atomic mass is 19.4. The summed E-state index contributed by atoms with van der Waals surface area (Å²) in [4.78, 5) is 25.2. The highest BCUT2D eigenvalue weighted by molar-refractivity contribution is 6.15. The first-order chi connectivity index (χ1) is 12.3. The van der Waals surface area contributed by atoms with Gasteiger partial charge in [0.25, 0.3) is 11.4 Å². The van der Waals surface area contributed by atoms with Crippen LogP contribution >= 0.6 is 0 Å². The molecule has 1 aliphatic carbocycles. The lowest BCUT2D eigenvalue weighted by atomic mass is 9.91. The van der Waals surface area contributed by atoms with E-state index in [1.165, 1.54) is 24.3 Å². The predicted molar refractivity (Wildman–Crippen MR) is 87.0 cm³/mol. The van der Waals surface area contributed by atoms with Crippen molar-refractivity contribution < 1.29 is 27.5 Å². The molecule has 0 saturated heterocycles. The van der Waals surface area contributed by atoms with Gasteiger partial charge in [-0.3, -0.25) is 4.79 Å². The Bertz CT molecular complexity index is 859. The SMILES string of the molecule is C#CCOC(=O)N1c2ccccc2NC(=O)C1(C#CC1CC1)C(F)(F)F. The number of benzene rings is 1. The van der Waals surface area contributed by atoms with Gasteiger partial charge >= 0.3 is 12.3 Å². The number of carbonyl (C=O) groups is 2. The number of amides is 2. The molecule has 8 heteroatoms. The molecule has 0 aromatic heterocycles. The second-order valence-electron chi connectivity index (χ2n) is 5.82. The molecule has 1 aromatic rings. The van der Waals surface area contributed by atoms with E-state index in [4.69, 9.17) is 11.2 Å². The number of halogens is 3. The fraction of sp³-hybridized carbons (Fsp3) is 0.333. The van der Waals surface area contributed by atoms with Gasteiger partial charge < -0.3 is 10.1 Å². The van der Waals surface area contributed by atoms with Crippen molar-refractivity contribution in [2.45, 2.75) is 24.6 Å². The van der Waals surface area contributed by atoms with E-state index in [0.717, 1.165) is 0 Å². The van der Waals surface area contributed by atoms with E-state index in [1.807, 2.05) is 11.8 Å². The van der Waals surface area contributed by atoms with Gasteiger partial charge in [-0.25, -0.2) is 9.69 Å². The maximum Gasteiger partial charge on any atom is 0.433 e. The molecular weight excluding hydrogens is 349 g/mol. The topological polar surface area (TPSA) is 58.6 Å². The number of nitrogens with one attached hydrogen (secondary N) is 1. The van der Waals surface area contributed by atoms with E-state index >= 15 is 0 Å². The molecule has 2 aliphatic rings. The Morgan fingerprint density at radius 2 is 2.08 bits per heavy atom. The monoisotopic (exact) mass is 362 g/mol. The van der Waals surface area contributed by atoms with Crippen molar-refractivity contribution in [1.82, 2.24) is 0 Å². The lowest BCUT2D eigenvalue weighted by Gasteiger charge is -2.42. The third-order valence-electron chi connectivity index (χ3n) is 3.96. The zero-order chi connectivity index (χ0) is 18.9. The average molecular weight is 362 g/mol. The Hall–Kier alpha value is -3.13. The fourth-order valence-electron chi connectivity index (χ4n) is 2.55.